The number of carbonyl (C=O) groups excluding carboxylic acids is 1. The molecular weight excluding hydrogens is 358 g/mol. The zero-order valence-corrected chi connectivity index (χ0v) is 15.8. The van der Waals surface area contributed by atoms with Crippen LogP contribution in [0.4, 0.5) is 11.6 Å². The summed E-state index contributed by atoms with van der Waals surface area (Å²) >= 11 is 6.46. The summed E-state index contributed by atoms with van der Waals surface area (Å²) in [5, 5.41) is 0.420. The number of aromatic nitrogens is 2. The van der Waals surface area contributed by atoms with Crippen LogP contribution in [0.2, 0.25) is 5.02 Å². The van der Waals surface area contributed by atoms with E-state index in [9.17, 15) is 4.79 Å². The fourth-order valence-electron chi connectivity index (χ4n) is 3.09. The summed E-state index contributed by atoms with van der Waals surface area (Å²) in [5.41, 5.74) is 4.81. The van der Waals surface area contributed by atoms with E-state index in [4.69, 9.17) is 11.6 Å². The fraction of sp³-hybridized carbons (Fsp3) is 0.0909. The monoisotopic (exact) mass is 375 g/mol. The summed E-state index contributed by atoms with van der Waals surface area (Å²) in [5.74, 6) is 0.640. The number of H-pyrrole nitrogens is 1. The normalized spacial score (nSPS) is 10.9. The van der Waals surface area contributed by atoms with Gasteiger partial charge in [0, 0.05) is 23.9 Å². The highest BCUT2D eigenvalue weighted by atomic mass is 35.5. The fourth-order valence-corrected chi connectivity index (χ4v) is 3.35. The molecule has 134 valence electrons. The average molecular weight is 376 g/mol. The molecule has 1 heterocycles. The number of hydrogen-bond donors (Lipinski definition) is 1. The molecule has 27 heavy (non-hydrogen) atoms. The minimum absolute atomic E-state index is 0.0731. The van der Waals surface area contributed by atoms with Crippen LogP contribution in [-0.4, -0.2) is 22.8 Å². The average Bonchev–Trinajstić information content (AvgIpc) is 3.11. The molecule has 0 unspecified atom stereocenters. The van der Waals surface area contributed by atoms with Crippen molar-refractivity contribution >= 4 is 40.1 Å². The number of aryl methyl sites for hydroxylation is 1. The Bertz CT molecular complexity index is 1120. The Kier molecular flexibility index (Phi) is 4.42. The molecule has 3 aromatic carbocycles. The number of nitrogens with zero attached hydrogens (tertiary/aromatic N) is 2. The molecule has 0 aliphatic heterocycles. The van der Waals surface area contributed by atoms with Gasteiger partial charge in [-0.1, -0.05) is 48.0 Å². The van der Waals surface area contributed by atoms with Crippen LogP contribution in [0.25, 0.3) is 11.0 Å². The second-order valence-corrected chi connectivity index (χ2v) is 6.85. The maximum atomic E-state index is 12.8. The number of carbonyl (C=O) groups is 1. The number of halogens is 1. The predicted octanol–water partition coefficient (Wildman–Crippen LogP) is 5.52. The Labute approximate surface area is 162 Å². The van der Waals surface area contributed by atoms with E-state index < -0.39 is 0 Å². The van der Waals surface area contributed by atoms with Crippen molar-refractivity contribution in [1.29, 1.82) is 0 Å². The molecule has 0 amide bonds. The van der Waals surface area contributed by atoms with Gasteiger partial charge in [-0.2, -0.15) is 0 Å². The molecule has 1 N–H and O–H groups in total. The maximum Gasteiger partial charge on any atom is 0.208 e. The highest BCUT2D eigenvalue weighted by Crippen LogP contribution is 2.29. The van der Waals surface area contributed by atoms with Crippen molar-refractivity contribution in [2.24, 2.45) is 0 Å². The lowest BCUT2D eigenvalue weighted by molar-refractivity contribution is 0.103. The summed E-state index contributed by atoms with van der Waals surface area (Å²) in [7, 11) is 1.91. The molecule has 0 saturated heterocycles. The lowest BCUT2D eigenvalue weighted by atomic mass is 9.99. The van der Waals surface area contributed by atoms with E-state index in [1.165, 1.54) is 0 Å². The molecule has 0 atom stereocenters. The molecule has 5 heteroatoms. The number of benzene rings is 3. The standard InChI is InChI=1S/C22H18ClN3O/c1-14-7-3-4-8-16(14)21(27)17-12-11-15(13-18(17)23)26(2)22-24-19-9-5-6-10-20(19)25-22/h3-13H,1-2H3,(H,24,25). The number of rotatable bonds is 4. The van der Waals surface area contributed by atoms with Gasteiger partial charge in [-0.05, 0) is 42.8 Å². The van der Waals surface area contributed by atoms with Crippen molar-refractivity contribution in [2.45, 2.75) is 6.92 Å². The van der Waals surface area contributed by atoms with E-state index in [0.29, 0.717) is 22.1 Å². The van der Waals surface area contributed by atoms with Crippen LogP contribution < -0.4 is 4.90 Å². The number of anilines is 2. The van der Waals surface area contributed by atoms with Gasteiger partial charge >= 0.3 is 0 Å². The Hall–Kier alpha value is -3.11. The predicted molar refractivity (Wildman–Crippen MR) is 110 cm³/mol. The van der Waals surface area contributed by atoms with Gasteiger partial charge in [0.25, 0.3) is 0 Å². The molecule has 0 fully saturated rings. The Morgan fingerprint density at radius 2 is 1.74 bits per heavy atom. The molecule has 0 bridgehead atoms. The Balaban J connectivity index is 1.67. The first-order valence-electron chi connectivity index (χ1n) is 8.63. The molecule has 4 aromatic rings. The van der Waals surface area contributed by atoms with Crippen LogP contribution in [0.5, 0.6) is 0 Å². The molecule has 0 spiro atoms. The quantitative estimate of drug-likeness (QED) is 0.477. The lowest BCUT2D eigenvalue weighted by Crippen LogP contribution is -2.12. The van der Waals surface area contributed by atoms with Gasteiger partial charge in [0.15, 0.2) is 5.78 Å². The molecule has 0 aliphatic carbocycles. The Morgan fingerprint density at radius 3 is 2.48 bits per heavy atom. The summed E-state index contributed by atoms with van der Waals surface area (Å²) in [6, 6.07) is 20.8. The number of aromatic amines is 1. The topological polar surface area (TPSA) is 49.0 Å². The van der Waals surface area contributed by atoms with Crippen LogP contribution in [0.1, 0.15) is 21.5 Å². The Morgan fingerprint density at radius 1 is 1.00 bits per heavy atom. The van der Waals surface area contributed by atoms with Crippen molar-refractivity contribution in [3.63, 3.8) is 0 Å². The van der Waals surface area contributed by atoms with Crippen LogP contribution in [0.15, 0.2) is 66.7 Å². The highest BCUT2D eigenvalue weighted by molar-refractivity contribution is 6.35. The van der Waals surface area contributed by atoms with Crippen LogP contribution in [-0.2, 0) is 0 Å². The van der Waals surface area contributed by atoms with E-state index in [0.717, 1.165) is 22.3 Å². The number of imidazole rings is 1. The van der Waals surface area contributed by atoms with Crippen molar-refractivity contribution < 1.29 is 4.79 Å². The summed E-state index contributed by atoms with van der Waals surface area (Å²) in [6.07, 6.45) is 0. The van der Waals surface area contributed by atoms with Gasteiger partial charge in [-0.15, -0.1) is 0 Å². The summed E-state index contributed by atoms with van der Waals surface area (Å²) in [6.45, 7) is 1.92. The number of ketones is 1. The minimum atomic E-state index is -0.0731. The zero-order chi connectivity index (χ0) is 19.0. The van der Waals surface area contributed by atoms with Gasteiger partial charge in [0.2, 0.25) is 5.95 Å². The second-order valence-electron chi connectivity index (χ2n) is 6.44. The second kappa shape index (κ2) is 6.89. The van der Waals surface area contributed by atoms with Gasteiger partial charge in [-0.25, -0.2) is 4.98 Å². The first kappa shape index (κ1) is 17.3. The van der Waals surface area contributed by atoms with Crippen molar-refractivity contribution in [3.05, 3.63) is 88.4 Å². The van der Waals surface area contributed by atoms with Gasteiger partial charge in [0.1, 0.15) is 0 Å². The smallest absolute Gasteiger partial charge is 0.208 e. The van der Waals surface area contributed by atoms with E-state index in [1.807, 2.05) is 73.5 Å². The van der Waals surface area contributed by atoms with Gasteiger partial charge in [-0.3, -0.25) is 4.79 Å². The number of para-hydroxylation sites is 2. The third-order valence-electron chi connectivity index (χ3n) is 4.67. The first-order valence-corrected chi connectivity index (χ1v) is 9.01. The first-order chi connectivity index (χ1) is 13.0. The van der Waals surface area contributed by atoms with Crippen LogP contribution in [0, 0.1) is 6.92 Å². The highest BCUT2D eigenvalue weighted by Gasteiger charge is 2.17. The number of nitrogens with one attached hydrogen (secondary N) is 1. The van der Waals surface area contributed by atoms with Crippen molar-refractivity contribution in [3.8, 4) is 0 Å². The van der Waals surface area contributed by atoms with Gasteiger partial charge < -0.3 is 9.88 Å². The third-order valence-corrected chi connectivity index (χ3v) is 4.98. The van der Waals surface area contributed by atoms with Crippen molar-refractivity contribution in [2.75, 3.05) is 11.9 Å². The molecule has 0 radical (unpaired) electrons. The maximum absolute atomic E-state index is 12.8. The largest absolute Gasteiger partial charge is 0.324 e. The SMILES string of the molecule is Cc1ccccc1C(=O)c1ccc(N(C)c2nc3ccccc3[nH]2)cc1Cl. The number of fused-ring (bicyclic) bond motifs is 1. The van der Waals surface area contributed by atoms with E-state index in [1.54, 1.807) is 12.1 Å². The summed E-state index contributed by atoms with van der Waals surface area (Å²) < 4.78 is 0. The van der Waals surface area contributed by atoms with E-state index >= 15 is 0 Å². The molecule has 4 nitrogen and oxygen atoms in total. The lowest BCUT2D eigenvalue weighted by Gasteiger charge is -2.17. The zero-order valence-electron chi connectivity index (χ0n) is 15.0. The van der Waals surface area contributed by atoms with Gasteiger partial charge in [0.05, 0.1) is 16.1 Å². The van der Waals surface area contributed by atoms with Crippen LogP contribution >= 0.6 is 11.6 Å². The molecule has 0 aliphatic rings. The van der Waals surface area contributed by atoms with Crippen LogP contribution in [0.3, 0.4) is 0 Å². The van der Waals surface area contributed by atoms with Crippen molar-refractivity contribution in [1.82, 2.24) is 9.97 Å². The van der Waals surface area contributed by atoms with E-state index in [-0.39, 0.29) is 5.78 Å². The molecule has 1 aromatic heterocycles. The third kappa shape index (κ3) is 3.20. The number of hydrogen-bond acceptors (Lipinski definition) is 3. The molecular formula is C22H18ClN3O. The summed E-state index contributed by atoms with van der Waals surface area (Å²) in [4.78, 5) is 22.6. The minimum Gasteiger partial charge on any atom is -0.324 e. The molecule has 0 saturated carbocycles. The van der Waals surface area contributed by atoms with E-state index in [2.05, 4.69) is 9.97 Å². The molecule has 4 rings (SSSR count).